The highest BCUT2D eigenvalue weighted by molar-refractivity contribution is 6.99. The van der Waals surface area contributed by atoms with Crippen molar-refractivity contribution in [1.29, 1.82) is 0 Å². The maximum absolute atomic E-state index is 11.4. The van der Waals surface area contributed by atoms with E-state index in [1.165, 1.54) is 10.4 Å². The monoisotopic (exact) mass is 468 g/mol. The predicted octanol–water partition coefficient (Wildman–Crippen LogP) is 4.66. The number of hydrogen-bond acceptors (Lipinski definition) is 4. The molecule has 0 saturated carbocycles. The summed E-state index contributed by atoms with van der Waals surface area (Å²) in [5, 5.41) is 13.6. The Hall–Kier alpha value is -1.76. The molecule has 0 radical (unpaired) electrons. The summed E-state index contributed by atoms with van der Waals surface area (Å²) in [4.78, 5) is 0. The van der Waals surface area contributed by atoms with E-state index in [2.05, 4.69) is 89.7 Å². The Balaban J connectivity index is 1.98. The fourth-order valence-electron chi connectivity index (χ4n) is 4.83. The van der Waals surface area contributed by atoms with Gasteiger partial charge in [0.1, 0.15) is 12.2 Å². The average Bonchev–Trinajstić information content (AvgIpc) is 3.11. The van der Waals surface area contributed by atoms with Crippen molar-refractivity contribution in [2.24, 2.45) is 5.41 Å². The lowest BCUT2D eigenvalue weighted by Crippen LogP contribution is -2.67. The first kappa shape index (κ1) is 25.9. The molecule has 1 heterocycles. The summed E-state index contributed by atoms with van der Waals surface area (Å²) >= 11 is 0. The van der Waals surface area contributed by atoms with Gasteiger partial charge in [-0.2, -0.15) is 0 Å². The van der Waals surface area contributed by atoms with E-state index in [0.717, 1.165) is 0 Å². The molecule has 3 rings (SSSR count). The molecule has 0 spiro atoms. The summed E-state index contributed by atoms with van der Waals surface area (Å²) in [7, 11) is -2.75. The number of ether oxygens (including phenoxy) is 2. The standard InChI is InChI=1S/C28H40O4Si/c1-9-27(5,6)25-24(31-28(7,8)32-25)23(29)20-30-33(26(2,3)4,21-16-12-10-13-17-21)22-18-14-11-15-19-22/h9-19,23-25,29H,1,20H2,2-8H3/t23-,24+,25-/m1/s1. The summed E-state index contributed by atoms with van der Waals surface area (Å²) in [6.45, 7) is 18.7. The lowest BCUT2D eigenvalue weighted by molar-refractivity contribution is -0.160. The molecular weight excluding hydrogens is 428 g/mol. The second kappa shape index (κ2) is 9.47. The van der Waals surface area contributed by atoms with Gasteiger partial charge in [-0.1, -0.05) is 101 Å². The largest absolute Gasteiger partial charge is 0.405 e. The minimum atomic E-state index is -2.75. The lowest BCUT2D eigenvalue weighted by Gasteiger charge is -2.44. The molecule has 0 aliphatic carbocycles. The zero-order valence-corrected chi connectivity index (χ0v) is 22.2. The Bertz CT molecular complexity index is 878. The van der Waals surface area contributed by atoms with Gasteiger partial charge >= 0.3 is 0 Å². The van der Waals surface area contributed by atoms with E-state index in [4.69, 9.17) is 13.9 Å². The molecule has 0 bridgehead atoms. The first-order valence-corrected chi connectivity index (χ1v) is 13.7. The predicted molar refractivity (Wildman–Crippen MR) is 137 cm³/mol. The summed E-state index contributed by atoms with van der Waals surface area (Å²) in [6.07, 6.45) is 0.164. The SMILES string of the molecule is C=CC(C)(C)[C@@H]1OC(C)(C)O[C@H]1[C@H](O)CO[Si](c1ccccc1)(c1ccccc1)C(C)(C)C. The van der Waals surface area contributed by atoms with Crippen LogP contribution in [0, 0.1) is 5.41 Å². The molecule has 1 fully saturated rings. The van der Waals surface area contributed by atoms with Crippen molar-refractivity contribution in [3.8, 4) is 0 Å². The summed E-state index contributed by atoms with van der Waals surface area (Å²) in [5.74, 6) is -0.784. The molecule has 5 heteroatoms. The highest BCUT2D eigenvalue weighted by Crippen LogP contribution is 2.41. The van der Waals surface area contributed by atoms with Crippen LogP contribution in [0.3, 0.4) is 0 Å². The molecule has 1 saturated heterocycles. The molecule has 1 N–H and O–H groups in total. The summed E-state index contributed by atoms with van der Waals surface area (Å²) < 4.78 is 19.3. The van der Waals surface area contributed by atoms with E-state index in [1.54, 1.807) is 0 Å². The number of hydrogen-bond donors (Lipinski definition) is 1. The van der Waals surface area contributed by atoms with Crippen LogP contribution < -0.4 is 10.4 Å². The van der Waals surface area contributed by atoms with E-state index < -0.39 is 26.3 Å². The van der Waals surface area contributed by atoms with Gasteiger partial charge in [0.15, 0.2) is 5.79 Å². The van der Waals surface area contributed by atoms with Gasteiger partial charge < -0.3 is 19.0 Å². The second-order valence-corrected chi connectivity index (χ2v) is 15.4. The molecule has 0 aromatic heterocycles. The van der Waals surface area contributed by atoms with Crippen molar-refractivity contribution in [3.63, 3.8) is 0 Å². The molecule has 0 amide bonds. The Morgan fingerprint density at radius 1 is 0.970 bits per heavy atom. The number of rotatable bonds is 8. The Labute approximate surface area is 200 Å². The van der Waals surface area contributed by atoms with Crippen LogP contribution >= 0.6 is 0 Å². The van der Waals surface area contributed by atoms with Crippen LogP contribution in [-0.4, -0.2) is 44.1 Å². The molecule has 3 atom stereocenters. The van der Waals surface area contributed by atoms with Crippen LogP contribution in [0.5, 0.6) is 0 Å². The van der Waals surface area contributed by atoms with E-state index in [9.17, 15) is 5.11 Å². The van der Waals surface area contributed by atoms with Crippen molar-refractivity contribution >= 4 is 18.7 Å². The van der Waals surface area contributed by atoms with Gasteiger partial charge in [0, 0.05) is 5.41 Å². The van der Waals surface area contributed by atoms with Crippen LogP contribution in [0.25, 0.3) is 0 Å². The van der Waals surface area contributed by atoms with E-state index >= 15 is 0 Å². The fourth-order valence-corrected chi connectivity index (χ4v) is 9.40. The number of aliphatic hydroxyl groups excluding tert-OH is 1. The van der Waals surface area contributed by atoms with Gasteiger partial charge in [-0.15, -0.1) is 6.58 Å². The van der Waals surface area contributed by atoms with Crippen molar-refractivity contribution in [2.45, 2.75) is 77.6 Å². The third kappa shape index (κ3) is 5.18. The maximum Gasteiger partial charge on any atom is 0.261 e. The minimum absolute atomic E-state index is 0.154. The Kier molecular flexibility index (Phi) is 7.42. The van der Waals surface area contributed by atoms with Gasteiger partial charge in [0.2, 0.25) is 0 Å². The summed E-state index contributed by atoms with van der Waals surface area (Å²) in [6, 6.07) is 20.9. The van der Waals surface area contributed by atoms with Gasteiger partial charge in [0.05, 0.1) is 12.7 Å². The van der Waals surface area contributed by atoms with Crippen LogP contribution in [0.2, 0.25) is 5.04 Å². The Morgan fingerprint density at radius 2 is 1.45 bits per heavy atom. The highest BCUT2D eigenvalue weighted by Gasteiger charge is 2.53. The van der Waals surface area contributed by atoms with Gasteiger partial charge in [-0.3, -0.25) is 0 Å². The quantitative estimate of drug-likeness (QED) is 0.452. The third-order valence-corrected chi connectivity index (χ3v) is 11.7. The molecule has 2 aromatic rings. The first-order valence-electron chi connectivity index (χ1n) is 11.8. The molecule has 2 aromatic carbocycles. The van der Waals surface area contributed by atoms with Gasteiger partial charge in [-0.05, 0) is 29.3 Å². The smallest absolute Gasteiger partial charge is 0.261 e. The third-order valence-electron chi connectivity index (χ3n) is 6.66. The van der Waals surface area contributed by atoms with E-state index in [-0.39, 0.29) is 23.2 Å². The van der Waals surface area contributed by atoms with Crippen molar-refractivity contribution < 1.29 is 19.0 Å². The molecule has 4 nitrogen and oxygen atoms in total. The maximum atomic E-state index is 11.4. The highest BCUT2D eigenvalue weighted by atomic mass is 28.4. The van der Waals surface area contributed by atoms with Crippen LogP contribution in [0.15, 0.2) is 73.3 Å². The zero-order valence-electron chi connectivity index (χ0n) is 21.2. The van der Waals surface area contributed by atoms with Crippen LogP contribution in [0.4, 0.5) is 0 Å². The average molecular weight is 469 g/mol. The fraction of sp³-hybridized carbons (Fsp3) is 0.500. The van der Waals surface area contributed by atoms with E-state index in [0.29, 0.717) is 0 Å². The van der Waals surface area contributed by atoms with Crippen molar-refractivity contribution in [3.05, 3.63) is 73.3 Å². The van der Waals surface area contributed by atoms with Crippen LogP contribution in [0.1, 0.15) is 48.5 Å². The molecule has 0 unspecified atom stereocenters. The van der Waals surface area contributed by atoms with Crippen LogP contribution in [-0.2, 0) is 13.9 Å². The van der Waals surface area contributed by atoms with Gasteiger partial charge in [-0.25, -0.2) is 0 Å². The topological polar surface area (TPSA) is 47.9 Å². The van der Waals surface area contributed by atoms with Gasteiger partial charge in [0.25, 0.3) is 8.32 Å². The minimum Gasteiger partial charge on any atom is -0.405 e. The normalized spacial score (nSPS) is 22.2. The zero-order chi connectivity index (χ0) is 24.5. The molecule has 1 aliphatic rings. The second-order valence-electron chi connectivity index (χ2n) is 11.1. The van der Waals surface area contributed by atoms with E-state index in [1.807, 2.05) is 32.1 Å². The van der Waals surface area contributed by atoms with Crippen molar-refractivity contribution in [2.75, 3.05) is 6.61 Å². The molecular formula is C28H40O4Si. The number of aliphatic hydroxyl groups is 1. The first-order chi connectivity index (χ1) is 15.3. The number of benzene rings is 2. The summed E-state index contributed by atoms with van der Waals surface area (Å²) in [5.41, 5.74) is -0.364. The molecule has 180 valence electrons. The Morgan fingerprint density at radius 3 is 1.88 bits per heavy atom. The van der Waals surface area contributed by atoms with Crippen molar-refractivity contribution in [1.82, 2.24) is 0 Å². The lowest BCUT2D eigenvalue weighted by atomic mass is 9.82. The molecule has 1 aliphatic heterocycles. The molecule has 33 heavy (non-hydrogen) atoms.